The lowest BCUT2D eigenvalue weighted by atomic mass is 10.1. The maximum atomic E-state index is 4.73. The van der Waals surface area contributed by atoms with E-state index >= 15 is 0 Å². The second-order valence-corrected chi connectivity index (χ2v) is 5.74. The lowest BCUT2D eigenvalue weighted by Gasteiger charge is -2.38. The van der Waals surface area contributed by atoms with E-state index in [0.717, 1.165) is 18.6 Å². The largest absolute Gasteiger partial charge is 0.314 e. The molecule has 1 fully saturated rings. The van der Waals surface area contributed by atoms with Crippen LogP contribution in [0.2, 0.25) is 0 Å². The first kappa shape index (κ1) is 11.1. The van der Waals surface area contributed by atoms with Gasteiger partial charge in [0.2, 0.25) is 0 Å². The van der Waals surface area contributed by atoms with Crippen LogP contribution in [-0.4, -0.2) is 36.1 Å². The minimum Gasteiger partial charge on any atom is -0.314 e. The van der Waals surface area contributed by atoms with Gasteiger partial charge in [-0.1, -0.05) is 12.1 Å². The van der Waals surface area contributed by atoms with Crippen LogP contribution in [0.5, 0.6) is 0 Å². The average molecular weight is 247 g/mol. The first-order valence-electron chi connectivity index (χ1n) is 6.04. The Kier molecular flexibility index (Phi) is 2.86. The van der Waals surface area contributed by atoms with Crippen molar-refractivity contribution in [2.45, 2.75) is 19.0 Å². The molecule has 0 spiro atoms. The van der Waals surface area contributed by atoms with E-state index in [1.807, 2.05) is 11.3 Å². The molecule has 0 amide bonds. The summed E-state index contributed by atoms with van der Waals surface area (Å²) in [6.07, 6.45) is 0. The van der Waals surface area contributed by atoms with E-state index in [-0.39, 0.29) is 0 Å². The number of para-hydroxylation sites is 1. The Morgan fingerprint density at radius 3 is 2.82 bits per heavy atom. The number of hydrogen-bond donors (Lipinski definition) is 1. The molecule has 1 unspecified atom stereocenters. The summed E-state index contributed by atoms with van der Waals surface area (Å²) in [5, 5.41) is 4.54. The third-order valence-corrected chi connectivity index (χ3v) is 4.82. The summed E-state index contributed by atoms with van der Waals surface area (Å²) in [5.41, 5.74) is 1.12. The molecule has 4 heteroatoms. The monoisotopic (exact) mass is 247 g/mol. The van der Waals surface area contributed by atoms with Gasteiger partial charge < -0.3 is 5.32 Å². The summed E-state index contributed by atoms with van der Waals surface area (Å²) in [5.74, 6) is 0. The molecule has 90 valence electrons. The van der Waals surface area contributed by atoms with Crippen LogP contribution in [-0.2, 0) is 0 Å². The molecule has 3 rings (SSSR count). The molecule has 1 aromatic carbocycles. The molecule has 0 bridgehead atoms. The van der Waals surface area contributed by atoms with Gasteiger partial charge >= 0.3 is 0 Å². The molecule has 3 nitrogen and oxygen atoms in total. The standard InChI is InChI=1S/C13H17N3S/c1-9(16(2)10-7-14-8-10)13-15-11-5-3-4-6-12(11)17-13/h3-6,9-10,14H,7-8H2,1-2H3. The van der Waals surface area contributed by atoms with E-state index in [2.05, 4.69) is 48.5 Å². The highest BCUT2D eigenvalue weighted by atomic mass is 32.1. The van der Waals surface area contributed by atoms with Gasteiger partial charge in [-0.25, -0.2) is 4.98 Å². The fourth-order valence-electron chi connectivity index (χ4n) is 2.12. The molecule has 1 saturated heterocycles. The van der Waals surface area contributed by atoms with Gasteiger partial charge in [0.05, 0.1) is 16.3 Å². The van der Waals surface area contributed by atoms with Crippen molar-refractivity contribution in [1.82, 2.24) is 15.2 Å². The topological polar surface area (TPSA) is 28.2 Å². The summed E-state index contributed by atoms with van der Waals surface area (Å²) in [6.45, 7) is 4.45. The Hall–Kier alpha value is -0.970. The molecule has 0 aliphatic carbocycles. The van der Waals surface area contributed by atoms with Crippen LogP contribution in [0, 0.1) is 0 Å². The number of thiazole rings is 1. The number of fused-ring (bicyclic) bond motifs is 1. The number of nitrogens with one attached hydrogen (secondary N) is 1. The van der Waals surface area contributed by atoms with Crippen molar-refractivity contribution in [3.8, 4) is 0 Å². The summed E-state index contributed by atoms with van der Waals surface area (Å²) < 4.78 is 1.29. The van der Waals surface area contributed by atoms with Gasteiger partial charge in [-0.2, -0.15) is 0 Å². The Bertz CT molecular complexity index is 485. The normalized spacial score (nSPS) is 18.5. The molecule has 0 saturated carbocycles. The summed E-state index contributed by atoms with van der Waals surface area (Å²) in [6, 6.07) is 9.43. The molecule has 1 atom stereocenters. The Morgan fingerprint density at radius 1 is 1.41 bits per heavy atom. The van der Waals surface area contributed by atoms with E-state index in [1.165, 1.54) is 9.71 Å². The molecule has 1 aliphatic rings. The average Bonchev–Trinajstić information content (AvgIpc) is 2.68. The summed E-state index contributed by atoms with van der Waals surface area (Å²) in [4.78, 5) is 7.16. The first-order chi connectivity index (χ1) is 8.25. The lowest BCUT2D eigenvalue weighted by Crippen LogP contribution is -2.56. The summed E-state index contributed by atoms with van der Waals surface area (Å²) in [7, 11) is 2.20. The number of hydrogen-bond acceptors (Lipinski definition) is 4. The van der Waals surface area contributed by atoms with Crippen molar-refractivity contribution in [3.63, 3.8) is 0 Å². The van der Waals surface area contributed by atoms with Crippen LogP contribution in [0.1, 0.15) is 18.0 Å². The molecule has 2 heterocycles. The highest BCUT2D eigenvalue weighted by molar-refractivity contribution is 7.18. The highest BCUT2D eigenvalue weighted by Crippen LogP contribution is 2.29. The molecule has 1 N–H and O–H groups in total. The van der Waals surface area contributed by atoms with Gasteiger partial charge in [0.1, 0.15) is 5.01 Å². The first-order valence-corrected chi connectivity index (χ1v) is 6.85. The minimum atomic E-state index is 0.402. The molecule has 1 aliphatic heterocycles. The molecule has 1 aromatic heterocycles. The van der Waals surface area contributed by atoms with E-state index in [4.69, 9.17) is 4.98 Å². The van der Waals surface area contributed by atoms with Crippen molar-refractivity contribution < 1.29 is 0 Å². The van der Waals surface area contributed by atoms with Gasteiger partial charge in [-0.15, -0.1) is 11.3 Å². The predicted molar refractivity (Wildman–Crippen MR) is 72.5 cm³/mol. The minimum absolute atomic E-state index is 0.402. The number of benzene rings is 1. The number of aromatic nitrogens is 1. The van der Waals surface area contributed by atoms with Crippen molar-refractivity contribution in [2.24, 2.45) is 0 Å². The maximum Gasteiger partial charge on any atom is 0.111 e. The Balaban J connectivity index is 1.86. The molecule has 0 radical (unpaired) electrons. The van der Waals surface area contributed by atoms with Gasteiger partial charge in [-0.3, -0.25) is 4.90 Å². The van der Waals surface area contributed by atoms with Crippen LogP contribution in [0.15, 0.2) is 24.3 Å². The molecule has 17 heavy (non-hydrogen) atoms. The maximum absolute atomic E-state index is 4.73. The van der Waals surface area contributed by atoms with Crippen LogP contribution in [0.4, 0.5) is 0 Å². The number of rotatable bonds is 3. The van der Waals surface area contributed by atoms with Crippen molar-refractivity contribution >= 4 is 21.6 Å². The van der Waals surface area contributed by atoms with Crippen molar-refractivity contribution in [3.05, 3.63) is 29.3 Å². The van der Waals surface area contributed by atoms with Gasteiger partial charge in [0.15, 0.2) is 0 Å². The van der Waals surface area contributed by atoms with Crippen LogP contribution in [0.3, 0.4) is 0 Å². The molecular formula is C13H17N3S. The zero-order chi connectivity index (χ0) is 11.8. The fraction of sp³-hybridized carbons (Fsp3) is 0.462. The predicted octanol–water partition coefficient (Wildman–Crippen LogP) is 2.26. The molecular weight excluding hydrogens is 230 g/mol. The second kappa shape index (κ2) is 4.37. The highest BCUT2D eigenvalue weighted by Gasteiger charge is 2.27. The van der Waals surface area contributed by atoms with E-state index in [0.29, 0.717) is 12.1 Å². The third-order valence-electron chi connectivity index (χ3n) is 3.61. The van der Waals surface area contributed by atoms with Crippen molar-refractivity contribution in [1.29, 1.82) is 0 Å². The van der Waals surface area contributed by atoms with E-state index < -0.39 is 0 Å². The molecule has 2 aromatic rings. The summed E-state index contributed by atoms with van der Waals surface area (Å²) >= 11 is 1.81. The fourth-order valence-corrected chi connectivity index (χ4v) is 3.19. The van der Waals surface area contributed by atoms with Gasteiger partial charge in [0, 0.05) is 19.1 Å². The number of nitrogens with zero attached hydrogens (tertiary/aromatic N) is 2. The van der Waals surface area contributed by atoms with Gasteiger partial charge in [-0.05, 0) is 26.1 Å². The lowest BCUT2D eigenvalue weighted by molar-refractivity contribution is 0.136. The van der Waals surface area contributed by atoms with Crippen molar-refractivity contribution in [2.75, 3.05) is 20.1 Å². The van der Waals surface area contributed by atoms with Gasteiger partial charge in [0.25, 0.3) is 0 Å². The SMILES string of the molecule is CC(c1nc2ccccc2s1)N(C)C1CNC1. The number of likely N-dealkylation sites (N-methyl/N-ethyl adjacent to an activating group) is 1. The van der Waals surface area contributed by atoms with Crippen LogP contribution < -0.4 is 5.32 Å². The smallest absolute Gasteiger partial charge is 0.111 e. The zero-order valence-electron chi connectivity index (χ0n) is 10.2. The second-order valence-electron chi connectivity index (χ2n) is 4.67. The van der Waals surface area contributed by atoms with E-state index in [1.54, 1.807) is 0 Å². The third kappa shape index (κ3) is 1.97. The Morgan fingerprint density at radius 2 is 2.18 bits per heavy atom. The Labute approximate surface area is 105 Å². The van der Waals surface area contributed by atoms with Crippen LogP contribution in [0.25, 0.3) is 10.2 Å². The van der Waals surface area contributed by atoms with Crippen LogP contribution >= 0.6 is 11.3 Å². The van der Waals surface area contributed by atoms with E-state index in [9.17, 15) is 0 Å². The quantitative estimate of drug-likeness (QED) is 0.902. The zero-order valence-corrected chi connectivity index (χ0v) is 11.0.